The molecular formula is C16H21N3O3. The predicted octanol–water partition coefficient (Wildman–Crippen LogP) is 2.33. The minimum absolute atomic E-state index is 0.169. The Morgan fingerprint density at radius 2 is 2.05 bits per heavy atom. The van der Waals surface area contributed by atoms with Crippen LogP contribution < -0.4 is 10.6 Å². The quantitative estimate of drug-likeness (QED) is 0.764. The summed E-state index contributed by atoms with van der Waals surface area (Å²) < 4.78 is 5.15. The molecule has 0 saturated carbocycles. The Bertz CT molecular complexity index is 596. The number of hydrogen-bond acceptors (Lipinski definition) is 4. The van der Waals surface area contributed by atoms with E-state index in [2.05, 4.69) is 15.8 Å². The van der Waals surface area contributed by atoms with Gasteiger partial charge in [0.25, 0.3) is 0 Å². The lowest BCUT2D eigenvalue weighted by Crippen LogP contribution is -2.38. The van der Waals surface area contributed by atoms with Crippen molar-refractivity contribution in [2.45, 2.75) is 32.4 Å². The second-order valence-electron chi connectivity index (χ2n) is 5.35. The molecule has 3 N–H and O–H groups in total. The lowest BCUT2D eigenvalue weighted by Gasteiger charge is -2.16. The molecule has 0 aliphatic carbocycles. The van der Waals surface area contributed by atoms with Gasteiger partial charge in [0, 0.05) is 6.07 Å². The van der Waals surface area contributed by atoms with E-state index in [1.54, 1.807) is 0 Å². The molecule has 0 spiro atoms. The van der Waals surface area contributed by atoms with Gasteiger partial charge >= 0.3 is 6.03 Å². The number of aliphatic hydroxyl groups excluding tert-OH is 1. The number of rotatable bonds is 6. The third-order valence-electron chi connectivity index (χ3n) is 3.28. The van der Waals surface area contributed by atoms with E-state index in [0.717, 1.165) is 11.3 Å². The van der Waals surface area contributed by atoms with Gasteiger partial charge in [0.1, 0.15) is 0 Å². The highest BCUT2D eigenvalue weighted by Crippen LogP contribution is 2.14. The van der Waals surface area contributed by atoms with Crippen LogP contribution in [-0.4, -0.2) is 22.9 Å². The van der Waals surface area contributed by atoms with Gasteiger partial charge in [-0.25, -0.2) is 4.79 Å². The van der Waals surface area contributed by atoms with Crippen molar-refractivity contribution in [1.82, 2.24) is 15.8 Å². The second-order valence-corrected chi connectivity index (χ2v) is 5.35. The monoisotopic (exact) mass is 303 g/mol. The van der Waals surface area contributed by atoms with E-state index in [4.69, 9.17) is 4.52 Å². The van der Waals surface area contributed by atoms with Crippen LogP contribution in [0, 0.1) is 0 Å². The van der Waals surface area contributed by atoms with Crippen LogP contribution in [0.1, 0.15) is 42.8 Å². The van der Waals surface area contributed by atoms with E-state index in [-0.39, 0.29) is 25.1 Å². The van der Waals surface area contributed by atoms with Crippen molar-refractivity contribution >= 4 is 6.03 Å². The fraction of sp³-hybridized carbons (Fsp3) is 0.375. The Kier molecular flexibility index (Phi) is 5.55. The van der Waals surface area contributed by atoms with E-state index in [0.29, 0.717) is 5.76 Å². The van der Waals surface area contributed by atoms with Gasteiger partial charge in [0.2, 0.25) is 0 Å². The number of hydrogen-bond donors (Lipinski definition) is 3. The summed E-state index contributed by atoms with van der Waals surface area (Å²) in [7, 11) is 0. The first-order chi connectivity index (χ1) is 10.6. The zero-order valence-electron chi connectivity index (χ0n) is 12.7. The Hall–Kier alpha value is -2.34. The summed E-state index contributed by atoms with van der Waals surface area (Å²) in [5.74, 6) is 0.877. The average molecular weight is 303 g/mol. The number of aliphatic hydroxyl groups is 1. The third-order valence-corrected chi connectivity index (χ3v) is 3.28. The molecule has 2 aromatic rings. The maximum Gasteiger partial charge on any atom is 0.315 e. The highest BCUT2D eigenvalue weighted by Gasteiger charge is 2.14. The standard InChI is InChI=1S/C16H21N3O3/c1-11(2)14-8-13(22-19-14)9-17-16(21)18-15(10-20)12-6-4-3-5-7-12/h3-8,11,15,20H,9-10H2,1-2H3,(H2,17,18,21). The SMILES string of the molecule is CC(C)c1cc(CNC(=O)NC(CO)c2ccccc2)on1. The first kappa shape index (κ1) is 16.0. The average Bonchev–Trinajstić information content (AvgIpc) is 3.01. The fourth-order valence-corrected chi connectivity index (χ4v) is 1.98. The van der Waals surface area contributed by atoms with E-state index in [1.807, 2.05) is 50.2 Å². The number of nitrogens with zero attached hydrogens (tertiary/aromatic N) is 1. The number of nitrogens with one attached hydrogen (secondary N) is 2. The van der Waals surface area contributed by atoms with E-state index in [1.165, 1.54) is 0 Å². The summed E-state index contributed by atoms with van der Waals surface area (Å²) in [4.78, 5) is 11.9. The first-order valence-electron chi connectivity index (χ1n) is 7.25. The largest absolute Gasteiger partial charge is 0.394 e. The molecule has 2 amide bonds. The van der Waals surface area contributed by atoms with Gasteiger partial charge in [-0.2, -0.15) is 0 Å². The highest BCUT2D eigenvalue weighted by molar-refractivity contribution is 5.74. The molecule has 0 aliphatic rings. The fourth-order valence-electron chi connectivity index (χ4n) is 1.98. The van der Waals surface area contributed by atoms with Crippen LogP contribution in [0.5, 0.6) is 0 Å². The van der Waals surface area contributed by atoms with Gasteiger partial charge in [-0.05, 0) is 11.5 Å². The summed E-state index contributed by atoms with van der Waals surface area (Å²) in [5.41, 5.74) is 1.71. The molecule has 0 bridgehead atoms. The molecule has 118 valence electrons. The van der Waals surface area contributed by atoms with Gasteiger partial charge in [0.05, 0.1) is 24.9 Å². The highest BCUT2D eigenvalue weighted by atomic mass is 16.5. The number of urea groups is 1. The zero-order chi connectivity index (χ0) is 15.9. The van der Waals surface area contributed by atoms with Crippen molar-refractivity contribution in [3.05, 3.63) is 53.4 Å². The number of benzene rings is 1. The lowest BCUT2D eigenvalue weighted by molar-refractivity contribution is 0.215. The first-order valence-corrected chi connectivity index (χ1v) is 7.25. The Morgan fingerprint density at radius 1 is 1.32 bits per heavy atom. The number of carbonyl (C=O) groups is 1. The Morgan fingerprint density at radius 3 is 2.64 bits per heavy atom. The predicted molar refractivity (Wildman–Crippen MR) is 82.2 cm³/mol. The Balaban J connectivity index is 1.86. The summed E-state index contributed by atoms with van der Waals surface area (Å²) >= 11 is 0. The normalized spacial score (nSPS) is 12.2. The summed E-state index contributed by atoms with van der Waals surface area (Å²) in [5, 5.41) is 18.8. The van der Waals surface area contributed by atoms with E-state index >= 15 is 0 Å². The molecule has 22 heavy (non-hydrogen) atoms. The van der Waals surface area contributed by atoms with Crippen molar-refractivity contribution in [1.29, 1.82) is 0 Å². The van der Waals surface area contributed by atoms with Crippen LogP contribution in [0.4, 0.5) is 4.79 Å². The maximum atomic E-state index is 11.9. The van der Waals surface area contributed by atoms with Crippen LogP contribution in [0.3, 0.4) is 0 Å². The molecule has 6 nitrogen and oxygen atoms in total. The molecular weight excluding hydrogens is 282 g/mol. The van der Waals surface area contributed by atoms with Gasteiger partial charge in [-0.3, -0.25) is 0 Å². The molecule has 2 rings (SSSR count). The summed E-state index contributed by atoms with van der Waals surface area (Å²) in [6.07, 6.45) is 0. The number of amides is 2. The number of aromatic nitrogens is 1. The van der Waals surface area contributed by atoms with Crippen LogP contribution in [0.2, 0.25) is 0 Å². The topological polar surface area (TPSA) is 87.4 Å². The second kappa shape index (κ2) is 7.61. The molecule has 1 atom stereocenters. The van der Waals surface area contributed by atoms with Gasteiger partial charge < -0.3 is 20.3 Å². The molecule has 6 heteroatoms. The minimum Gasteiger partial charge on any atom is -0.394 e. The van der Waals surface area contributed by atoms with Crippen molar-refractivity contribution in [3.63, 3.8) is 0 Å². The van der Waals surface area contributed by atoms with Crippen molar-refractivity contribution in [3.8, 4) is 0 Å². The smallest absolute Gasteiger partial charge is 0.315 e. The van der Waals surface area contributed by atoms with Crippen LogP contribution in [0.15, 0.2) is 40.9 Å². The molecule has 0 fully saturated rings. The molecule has 1 aromatic carbocycles. The Labute approximate surface area is 129 Å². The van der Waals surface area contributed by atoms with Gasteiger partial charge in [-0.1, -0.05) is 49.3 Å². The van der Waals surface area contributed by atoms with Crippen LogP contribution >= 0.6 is 0 Å². The molecule has 0 aliphatic heterocycles. The van der Waals surface area contributed by atoms with Crippen LogP contribution in [-0.2, 0) is 6.54 Å². The summed E-state index contributed by atoms with van der Waals surface area (Å²) in [6, 6.07) is 10.3. The van der Waals surface area contributed by atoms with Crippen molar-refractivity contribution in [2.75, 3.05) is 6.61 Å². The van der Waals surface area contributed by atoms with E-state index < -0.39 is 6.04 Å². The summed E-state index contributed by atoms with van der Waals surface area (Å²) in [6.45, 7) is 4.12. The minimum atomic E-state index is -0.442. The maximum absolute atomic E-state index is 11.9. The van der Waals surface area contributed by atoms with Gasteiger partial charge in [0.15, 0.2) is 5.76 Å². The van der Waals surface area contributed by atoms with Crippen molar-refractivity contribution < 1.29 is 14.4 Å². The lowest BCUT2D eigenvalue weighted by atomic mass is 10.1. The molecule has 0 radical (unpaired) electrons. The van der Waals surface area contributed by atoms with E-state index in [9.17, 15) is 9.90 Å². The third kappa shape index (κ3) is 4.33. The molecule has 0 saturated heterocycles. The number of carbonyl (C=O) groups excluding carboxylic acids is 1. The van der Waals surface area contributed by atoms with Crippen LogP contribution in [0.25, 0.3) is 0 Å². The van der Waals surface area contributed by atoms with Gasteiger partial charge in [-0.15, -0.1) is 0 Å². The molecule has 1 unspecified atom stereocenters. The van der Waals surface area contributed by atoms with Crippen molar-refractivity contribution in [2.24, 2.45) is 0 Å². The molecule has 1 aromatic heterocycles. The molecule has 1 heterocycles. The zero-order valence-corrected chi connectivity index (χ0v) is 12.7.